The Kier molecular flexibility index (Phi) is 9.24. The lowest BCUT2D eigenvalue weighted by atomic mass is 9.86. The van der Waals surface area contributed by atoms with Gasteiger partial charge in [0.2, 0.25) is 17.7 Å². The predicted octanol–water partition coefficient (Wildman–Crippen LogP) is 3.48. The van der Waals surface area contributed by atoms with Gasteiger partial charge in [0.15, 0.2) is 0 Å². The van der Waals surface area contributed by atoms with Gasteiger partial charge in [0.1, 0.15) is 11.6 Å². The number of fused-ring (bicyclic) bond motifs is 1. The molecule has 1 saturated carbocycles. The molecule has 0 radical (unpaired) electrons. The van der Waals surface area contributed by atoms with E-state index in [1.807, 2.05) is 12.1 Å². The number of carbonyl (C=O) groups is 4. The van der Waals surface area contributed by atoms with Gasteiger partial charge >= 0.3 is 11.8 Å². The molecular formula is C30H43N5O6. The van der Waals surface area contributed by atoms with Crippen LogP contribution in [0, 0.1) is 5.92 Å². The quantitative estimate of drug-likeness (QED) is 0.541. The number of benzene rings is 1. The van der Waals surface area contributed by atoms with Crippen LogP contribution in [0.4, 0.5) is 4.79 Å². The minimum absolute atomic E-state index is 0.216. The zero-order valence-corrected chi connectivity index (χ0v) is 24.6. The minimum Gasteiger partial charge on any atom is -0.444 e. The molecular weight excluding hydrogens is 526 g/mol. The maximum Gasteiger partial charge on any atom is 0.405 e. The summed E-state index contributed by atoms with van der Waals surface area (Å²) in [6.45, 7) is 6.86. The summed E-state index contributed by atoms with van der Waals surface area (Å²) in [4.78, 5) is 61.9. The van der Waals surface area contributed by atoms with Gasteiger partial charge in [0, 0.05) is 32.5 Å². The molecule has 3 fully saturated rings. The van der Waals surface area contributed by atoms with Gasteiger partial charge in [-0.3, -0.25) is 28.8 Å². The van der Waals surface area contributed by atoms with Crippen LogP contribution < -0.4 is 16.7 Å². The normalized spacial score (nSPS) is 20.8. The molecule has 2 aromatic rings. The van der Waals surface area contributed by atoms with Crippen molar-refractivity contribution in [3.05, 3.63) is 34.2 Å². The number of nitrogens with zero attached hydrogens (tertiary/aromatic N) is 3. The molecule has 2 aliphatic heterocycles. The molecule has 4 amide bonds. The van der Waals surface area contributed by atoms with Crippen LogP contribution in [0.2, 0.25) is 0 Å². The summed E-state index contributed by atoms with van der Waals surface area (Å²) in [5.41, 5.74) is 6.70. The van der Waals surface area contributed by atoms with Crippen LogP contribution in [-0.2, 0) is 26.2 Å². The number of ether oxygens (including phenoxy) is 1. The van der Waals surface area contributed by atoms with E-state index in [0.717, 1.165) is 44.3 Å². The monoisotopic (exact) mass is 569 g/mol. The highest BCUT2D eigenvalue weighted by molar-refractivity contribution is 6.00. The Morgan fingerprint density at radius 2 is 1.61 bits per heavy atom. The lowest BCUT2D eigenvalue weighted by molar-refractivity contribution is -0.138. The van der Waals surface area contributed by atoms with E-state index in [0.29, 0.717) is 23.8 Å². The second kappa shape index (κ2) is 12.5. The Morgan fingerprint density at radius 3 is 2.17 bits per heavy atom. The second-order valence-electron chi connectivity index (χ2n) is 12.4. The van der Waals surface area contributed by atoms with E-state index in [1.165, 1.54) is 29.4 Å². The number of imidazole rings is 1. The highest BCUT2D eigenvalue weighted by Gasteiger charge is 2.32. The van der Waals surface area contributed by atoms with E-state index in [-0.39, 0.29) is 23.9 Å². The van der Waals surface area contributed by atoms with E-state index < -0.39 is 23.6 Å². The molecule has 1 aromatic heterocycles. The first-order chi connectivity index (χ1) is 19.4. The Labute approximate surface area is 240 Å². The summed E-state index contributed by atoms with van der Waals surface area (Å²) < 4.78 is 7.68. The first-order valence-corrected chi connectivity index (χ1v) is 14.7. The first-order valence-electron chi connectivity index (χ1n) is 14.7. The average molecular weight is 570 g/mol. The van der Waals surface area contributed by atoms with Gasteiger partial charge in [-0.15, -0.1) is 0 Å². The lowest BCUT2D eigenvalue weighted by Gasteiger charge is -2.35. The average Bonchev–Trinajstić information content (AvgIpc) is 3.17. The Hall–Kier alpha value is -3.63. The van der Waals surface area contributed by atoms with Crippen LogP contribution in [0.3, 0.4) is 0 Å². The van der Waals surface area contributed by atoms with Crippen molar-refractivity contribution in [1.82, 2.24) is 19.4 Å². The van der Waals surface area contributed by atoms with E-state index in [4.69, 9.17) is 5.73 Å². The van der Waals surface area contributed by atoms with Crippen molar-refractivity contribution < 1.29 is 23.9 Å². The largest absolute Gasteiger partial charge is 0.444 e. The Bertz CT molecular complexity index is 1360. The maximum absolute atomic E-state index is 13.0. The van der Waals surface area contributed by atoms with E-state index >= 15 is 0 Å². The molecule has 11 nitrogen and oxygen atoms in total. The molecule has 224 valence electrons. The number of rotatable bonds is 3. The van der Waals surface area contributed by atoms with Crippen molar-refractivity contribution in [2.45, 2.75) is 96.1 Å². The Morgan fingerprint density at radius 1 is 0.951 bits per heavy atom. The van der Waals surface area contributed by atoms with Crippen LogP contribution in [0.1, 0.15) is 96.1 Å². The van der Waals surface area contributed by atoms with Gasteiger partial charge in [-0.05, 0) is 76.5 Å². The molecule has 1 aliphatic carbocycles. The summed E-state index contributed by atoms with van der Waals surface area (Å²) in [7, 11) is 1.72. The lowest BCUT2D eigenvalue weighted by Crippen LogP contribution is -2.44. The number of piperidine rings is 2. The second-order valence-corrected chi connectivity index (χ2v) is 12.4. The summed E-state index contributed by atoms with van der Waals surface area (Å²) in [6, 6.07) is 5.37. The molecule has 3 heterocycles. The Balaban J connectivity index is 0.000000426. The number of primary amides is 1. The SMILES string of the molecule is CC(C)(C)OC(N)=O.Cn1c(=O)n(C2CCC(=O)NC2=O)c2ccc(C3CCN(C(=O)C4CCCCC4)CC3)cc21. The van der Waals surface area contributed by atoms with Crippen molar-refractivity contribution >= 4 is 34.8 Å². The summed E-state index contributed by atoms with van der Waals surface area (Å²) in [6.07, 6.45) is 7.35. The zero-order chi connectivity index (χ0) is 29.9. The number of amides is 4. The molecule has 1 atom stereocenters. The summed E-state index contributed by atoms with van der Waals surface area (Å²) in [5, 5.41) is 2.35. The highest BCUT2D eigenvalue weighted by Crippen LogP contribution is 2.33. The maximum atomic E-state index is 13.0. The molecule has 41 heavy (non-hydrogen) atoms. The molecule has 3 aliphatic rings. The molecule has 3 N–H and O–H groups in total. The third-order valence-corrected chi connectivity index (χ3v) is 8.27. The molecule has 2 saturated heterocycles. The van der Waals surface area contributed by atoms with Crippen molar-refractivity contribution in [3.8, 4) is 0 Å². The van der Waals surface area contributed by atoms with Crippen molar-refractivity contribution in [2.75, 3.05) is 13.1 Å². The smallest absolute Gasteiger partial charge is 0.405 e. The number of nitrogens with two attached hydrogens (primary N) is 1. The third kappa shape index (κ3) is 7.18. The van der Waals surface area contributed by atoms with Gasteiger partial charge in [-0.1, -0.05) is 25.3 Å². The van der Waals surface area contributed by atoms with Crippen LogP contribution in [-0.4, -0.2) is 56.5 Å². The molecule has 0 bridgehead atoms. The number of hydrogen-bond donors (Lipinski definition) is 2. The number of aromatic nitrogens is 2. The summed E-state index contributed by atoms with van der Waals surface area (Å²) in [5.74, 6) is 0.194. The number of aryl methyl sites for hydroxylation is 1. The molecule has 1 unspecified atom stereocenters. The highest BCUT2D eigenvalue weighted by atomic mass is 16.6. The summed E-state index contributed by atoms with van der Waals surface area (Å²) >= 11 is 0. The van der Waals surface area contributed by atoms with Crippen molar-refractivity contribution in [1.29, 1.82) is 0 Å². The van der Waals surface area contributed by atoms with E-state index in [9.17, 15) is 24.0 Å². The van der Waals surface area contributed by atoms with Gasteiger partial charge < -0.3 is 15.4 Å². The van der Waals surface area contributed by atoms with Gasteiger partial charge in [-0.25, -0.2) is 9.59 Å². The number of nitrogens with one attached hydrogen (secondary N) is 1. The molecule has 0 spiro atoms. The van der Waals surface area contributed by atoms with Gasteiger partial charge in [0.25, 0.3) is 0 Å². The van der Waals surface area contributed by atoms with Crippen molar-refractivity contribution in [3.63, 3.8) is 0 Å². The number of carbonyl (C=O) groups excluding carboxylic acids is 4. The van der Waals surface area contributed by atoms with E-state index in [1.54, 1.807) is 32.4 Å². The van der Waals surface area contributed by atoms with Gasteiger partial charge in [-0.2, -0.15) is 0 Å². The van der Waals surface area contributed by atoms with Crippen LogP contribution in [0.15, 0.2) is 23.0 Å². The number of imide groups is 1. The fourth-order valence-electron chi connectivity index (χ4n) is 6.21. The van der Waals surface area contributed by atoms with Crippen LogP contribution in [0.5, 0.6) is 0 Å². The van der Waals surface area contributed by atoms with Crippen molar-refractivity contribution in [2.24, 2.45) is 18.7 Å². The standard InChI is InChI=1S/C25H32N4O4.C5H11NO2/c1-27-21-15-18(16-11-13-28(14-12-16)24(32)17-5-3-2-4-6-17)7-8-19(21)29(25(27)33)20-9-10-22(30)26-23(20)31;1-5(2,3)8-4(6)7/h7-8,15-17,20H,2-6,9-14H2,1H3,(H,26,30,31);1-3H3,(H2,6,7). The third-order valence-electron chi connectivity index (χ3n) is 8.27. The van der Waals surface area contributed by atoms with Crippen LogP contribution in [0.25, 0.3) is 11.0 Å². The predicted molar refractivity (Wildman–Crippen MR) is 154 cm³/mol. The number of likely N-dealkylation sites (tertiary alicyclic amines) is 1. The zero-order valence-electron chi connectivity index (χ0n) is 24.6. The van der Waals surface area contributed by atoms with Gasteiger partial charge in [0.05, 0.1) is 11.0 Å². The fourth-order valence-corrected chi connectivity index (χ4v) is 6.21. The minimum atomic E-state index is -0.725. The topological polar surface area (TPSA) is 146 Å². The molecule has 5 rings (SSSR count). The van der Waals surface area contributed by atoms with Crippen LogP contribution >= 0.6 is 0 Å². The fraction of sp³-hybridized carbons (Fsp3) is 0.633. The number of hydrogen-bond acceptors (Lipinski definition) is 6. The molecule has 11 heteroatoms. The molecule has 1 aromatic carbocycles. The van der Waals surface area contributed by atoms with E-state index in [2.05, 4.69) is 21.0 Å². The first kappa shape index (κ1) is 30.3.